The molecule has 7 heteroatoms. The largest absolute Gasteiger partial charge is 0.350 e. The second kappa shape index (κ2) is 6.93. The Kier molecular flexibility index (Phi) is 4.74. The monoisotopic (exact) mass is 333 g/mol. The van der Waals surface area contributed by atoms with Crippen LogP contribution in [-0.4, -0.2) is 34.0 Å². The predicted octanol–water partition coefficient (Wildman–Crippen LogP) is 2.03. The molecule has 2 aromatic rings. The van der Waals surface area contributed by atoms with E-state index in [1.165, 1.54) is 0 Å². The molecule has 22 heavy (non-hydrogen) atoms. The maximum Gasteiger partial charge on any atom is 0.239 e. The van der Waals surface area contributed by atoms with E-state index in [1.54, 1.807) is 40.4 Å². The van der Waals surface area contributed by atoms with Crippen LogP contribution in [0.25, 0.3) is 0 Å². The zero-order valence-electron chi connectivity index (χ0n) is 11.8. The number of hydrogen-bond acceptors (Lipinski definition) is 5. The summed E-state index contributed by atoms with van der Waals surface area (Å²) >= 11 is 3.18. The molecule has 5 nitrogen and oxygen atoms in total. The Bertz CT molecular complexity index is 646. The summed E-state index contributed by atoms with van der Waals surface area (Å²) in [5.41, 5.74) is 0.938. The third-order valence-corrected chi connectivity index (χ3v) is 5.59. The Morgan fingerprint density at radius 2 is 2.32 bits per heavy atom. The molecule has 0 radical (unpaired) electrons. The van der Waals surface area contributed by atoms with E-state index >= 15 is 0 Å². The summed E-state index contributed by atoms with van der Waals surface area (Å²) in [5.74, 6) is 0.291. The van der Waals surface area contributed by atoms with Gasteiger partial charge in [-0.25, -0.2) is 0 Å². The van der Waals surface area contributed by atoms with Crippen LogP contribution in [0.5, 0.6) is 0 Å². The first kappa shape index (κ1) is 15.1. The van der Waals surface area contributed by atoms with Crippen molar-refractivity contribution in [1.82, 2.24) is 15.2 Å². The summed E-state index contributed by atoms with van der Waals surface area (Å²) < 4.78 is 0. The molecule has 2 amide bonds. The molecule has 0 bridgehead atoms. The van der Waals surface area contributed by atoms with Gasteiger partial charge in [0.2, 0.25) is 11.8 Å². The Morgan fingerprint density at radius 3 is 3.05 bits per heavy atom. The van der Waals surface area contributed by atoms with Crippen molar-refractivity contribution in [3.8, 4) is 0 Å². The molecule has 3 rings (SSSR count). The number of carbonyl (C=O) groups is 2. The van der Waals surface area contributed by atoms with Crippen molar-refractivity contribution in [3.63, 3.8) is 0 Å². The fourth-order valence-electron chi connectivity index (χ4n) is 2.21. The molecule has 0 saturated carbocycles. The molecule has 1 fully saturated rings. The lowest BCUT2D eigenvalue weighted by molar-refractivity contribution is -0.133. The maximum atomic E-state index is 12.1. The number of hydrogen-bond donors (Lipinski definition) is 1. The summed E-state index contributed by atoms with van der Waals surface area (Å²) in [7, 11) is 0. The van der Waals surface area contributed by atoms with Gasteiger partial charge in [-0.3, -0.25) is 14.6 Å². The van der Waals surface area contributed by atoms with Gasteiger partial charge < -0.3 is 10.2 Å². The predicted molar refractivity (Wildman–Crippen MR) is 87.3 cm³/mol. The van der Waals surface area contributed by atoms with Gasteiger partial charge in [-0.05, 0) is 23.1 Å². The Balaban J connectivity index is 1.58. The van der Waals surface area contributed by atoms with Crippen molar-refractivity contribution in [2.24, 2.45) is 0 Å². The zero-order chi connectivity index (χ0) is 15.4. The minimum Gasteiger partial charge on any atom is -0.350 e. The van der Waals surface area contributed by atoms with Gasteiger partial charge >= 0.3 is 0 Å². The molecule has 2 aromatic heterocycles. The Morgan fingerprint density at radius 1 is 1.41 bits per heavy atom. The number of aromatic nitrogens is 1. The smallest absolute Gasteiger partial charge is 0.239 e. The van der Waals surface area contributed by atoms with E-state index in [0.29, 0.717) is 12.3 Å². The van der Waals surface area contributed by atoms with Crippen LogP contribution in [-0.2, 0) is 16.1 Å². The highest BCUT2D eigenvalue weighted by Crippen LogP contribution is 2.40. The van der Waals surface area contributed by atoms with Gasteiger partial charge in [-0.1, -0.05) is 12.1 Å². The molecule has 1 saturated heterocycles. The molecule has 0 aliphatic carbocycles. The number of nitrogens with one attached hydrogen (secondary N) is 1. The molecule has 1 atom stereocenters. The van der Waals surface area contributed by atoms with E-state index < -0.39 is 0 Å². The van der Waals surface area contributed by atoms with E-state index in [4.69, 9.17) is 0 Å². The summed E-state index contributed by atoms with van der Waals surface area (Å²) in [6.45, 7) is 0.514. The van der Waals surface area contributed by atoms with Crippen LogP contribution in [0.15, 0.2) is 42.0 Å². The van der Waals surface area contributed by atoms with Crippen LogP contribution in [0.1, 0.15) is 15.8 Å². The van der Waals surface area contributed by atoms with Crippen molar-refractivity contribution in [2.75, 3.05) is 12.3 Å². The molecule has 1 aliphatic heterocycles. The van der Waals surface area contributed by atoms with Crippen LogP contribution in [0.3, 0.4) is 0 Å². The molecule has 3 heterocycles. The van der Waals surface area contributed by atoms with Gasteiger partial charge in [0.25, 0.3) is 0 Å². The van der Waals surface area contributed by atoms with Gasteiger partial charge in [0.05, 0.1) is 5.75 Å². The van der Waals surface area contributed by atoms with Crippen molar-refractivity contribution in [3.05, 3.63) is 52.5 Å². The van der Waals surface area contributed by atoms with E-state index in [0.717, 1.165) is 10.4 Å². The quantitative estimate of drug-likeness (QED) is 0.909. The molecule has 0 spiro atoms. The number of nitrogens with zero attached hydrogens (tertiary/aromatic N) is 2. The molecule has 1 N–H and O–H groups in total. The lowest BCUT2D eigenvalue weighted by Gasteiger charge is -2.22. The summed E-state index contributed by atoms with van der Waals surface area (Å²) in [6, 6.07) is 7.69. The van der Waals surface area contributed by atoms with Crippen molar-refractivity contribution >= 4 is 34.9 Å². The summed E-state index contributed by atoms with van der Waals surface area (Å²) in [4.78, 5) is 30.9. The fraction of sp³-hybridized carbons (Fsp3) is 0.267. The number of carbonyl (C=O) groups excluding carboxylic acids is 2. The first-order valence-corrected chi connectivity index (χ1v) is 8.77. The average Bonchev–Trinajstić information content (AvgIpc) is 3.17. The first-order valence-electron chi connectivity index (χ1n) is 6.84. The van der Waals surface area contributed by atoms with Gasteiger partial charge in [-0.2, -0.15) is 0 Å². The minimum atomic E-state index is -0.152. The highest BCUT2D eigenvalue weighted by molar-refractivity contribution is 8.00. The lowest BCUT2D eigenvalue weighted by Crippen LogP contribution is -2.38. The maximum absolute atomic E-state index is 12.1. The molecule has 0 aromatic carbocycles. The second-order valence-electron chi connectivity index (χ2n) is 4.84. The van der Waals surface area contributed by atoms with Gasteiger partial charge in [-0.15, -0.1) is 23.1 Å². The van der Waals surface area contributed by atoms with Crippen molar-refractivity contribution in [1.29, 1.82) is 0 Å². The van der Waals surface area contributed by atoms with Crippen molar-refractivity contribution < 1.29 is 9.59 Å². The normalized spacial score (nSPS) is 17.7. The third-order valence-electron chi connectivity index (χ3n) is 3.28. The molecule has 114 valence electrons. The van der Waals surface area contributed by atoms with Gasteiger partial charge in [0.15, 0.2) is 0 Å². The van der Waals surface area contributed by atoms with Gasteiger partial charge in [0.1, 0.15) is 11.9 Å². The van der Waals surface area contributed by atoms with Crippen LogP contribution in [0, 0.1) is 0 Å². The van der Waals surface area contributed by atoms with E-state index in [-0.39, 0.29) is 23.7 Å². The number of amides is 2. The SMILES string of the molecule is O=C(CN1C(=O)CSC1c1cccs1)NCc1cccnc1. The minimum absolute atomic E-state index is 0.0138. The van der Waals surface area contributed by atoms with Crippen molar-refractivity contribution in [2.45, 2.75) is 11.9 Å². The number of rotatable bonds is 5. The lowest BCUT2D eigenvalue weighted by atomic mass is 10.3. The highest BCUT2D eigenvalue weighted by atomic mass is 32.2. The molecular weight excluding hydrogens is 318 g/mol. The zero-order valence-corrected chi connectivity index (χ0v) is 13.4. The van der Waals surface area contributed by atoms with Crippen LogP contribution >= 0.6 is 23.1 Å². The second-order valence-corrected chi connectivity index (χ2v) is 6.89. The first-order chi connectivity index (χ1) is 10.7. The third kappa shape index (κ3) is 3.48. The molecular formula is C15H15N3O2S2. The van der Waals surface area contributed by atoms with E-state index in [9.17, 15) is 9.59 Å². The van der Waals surface area contributed by atoms with Crippen LogP contribution in [0.2, 0.25) is 0 Å². The molecule has 1 aliphatic rings. The molecule has 1 unspecified atom stereocenters. The van der Waals surface area contributed by atoms with E-state index in [2.05, 4.69) is 10.3 Å². The standard InChI is InChI=1S/C15H15N3O2S2/c19-13(17-8-11-3-1-5-16-7-11)9-18-14(20)10-22-15(18)12-4-2-6-21-12/h1-7,15H,8-10H2,(H,17,19). The van der Waals surface area contributed by atoms with Gasteiger partial charge in [0, 0.05) is 23.8 Å². The van der Waals surface area contributed by atoms with E-state index in [1.807, 2.05) is 29.6 Å². The fourth-order valence-corrected chi connectivity index (χ4v) is 4.37. The highest BCUT2D eigenvalue weighted by Gasteiger charge is 2.34. The number of thiophene rings is 1. The Hall–Kier alpha value is -1.86. The summed E-state index contributed by atoms with van der Waals surface area (Å²) in [6.07, 6.45) is 3.41. The summed E-state index contributed by atoms with van der Waals surface area (Å²) in [5, 5.41) is 4.77. The number of thioether (sulfide) groups is 1. The number of pyridine rings is 1. The van der Waals surface area contributed by atoms with Crippen LogP contribution in [0.4, 0.5) is 0 Å². The average molecular weight is 333 g/mol. The van der Waals surface area contributed by atoms with Crippen LogP contribution < -0.4 is 5.32 Å². The Labute approximate surface area is 136 Å². The topological polar surface area (TPSA) is 62.3 Å².